The van der Waals surface area contributed by atoms with Crippen LogP contribution in [0.25, 0.3) is 0 Å². The predicted molar refractivity (Wildman–Crippen MR) is 79.3 cm³/mol. The summed E-state index contributed by atoms with van der Waals surface area (Å²) >= 11 is 11.8. The first-order valence-corrected chi connectivity index (χ1v) is 6.89. The summed E-state index contributed by atoms with van der Waals surface area (Å²) < 4.78 is 5.25. The number of anilines is 1. The molecule has 0 spiro atoms. The van der Waals surface area contributed by atoms with Crippen LogP contribution in [0.3, 0.4) is 0 Å². The number of quaternary nitrogens is 1. The third kappa shape index (κ3) is 4.27. The summed E-state index contributed by atoms with van der Waals surface area (Å²) in [7, 11) is 1.92. The Labute approximate surface area is 127 Å². The highest BCUT2D eigenvalue weighted by atomic mass is 35.5. The van der Waals surface area contributed by atoms with Gasteiger partial charge in [0.1, 0.15) is 6.54 Å². The van der Waals surface area contributed by atoms with Crippen LogP contribution in [0.1, 0.15) is 5.76 Å². The Kier molecular flexibility index (Phi) is 5.06. The van der Waals surface area contributed by atoms with Gasteiger partial charge in [0.2, 0.25) is 0 Å². The number of benzene rings is 1. The first kappa shape index (κ1) is 14.9. The fraction of sp³-hybridized carbons (Fsp3) is 0.214. The Morgan fingerprint density at radius 2 is 2.15 bits per heavy atom. The molecule has 0 bridgehead atoms. The van der Waals surface area contributed by atoms with Gasteiger partial charge in [0.15, 0.2) is 12.3 Å². The second-order valence-electron chi connectivity index (χ2n) is 4.56. The summed E-state index contributed by atoms with van der Waals surface area (Å²) in [6.07, 6.45) is 1.62. The van der Waals surface area contributed by atoms with E-state index in [2.05, 4.69) is 5.32 Å². The standard InChI is InChI=1S/C14H14Cl2N2O2/c1-18(8-11-3-2-6-20-11)9-14(19)17-13-5-4-10(15)7-12(13)16/h2-7H,8-9H2,1H3,(H,17,19)/p+1. The molecule has 0 radical (unpaired) electrons. The van der Waals surface area contributed by atoms with E-state index in [9.17, 15) is 4.79 Å². The van der Waals surface area contributed by atoms with Gasteiger partial charge in [-0.1, -0.05) is 23.2 Å². The number of amides is 1. The quantitative estimate of drug-likeness (QED) is 0.889. The van der Waals surface area contributed by atoms with Gasteiger partial charge >= 0.3 is 0 Å². The van der Waals surface area contributed by atoms with Gasteiger partial charge in [-0.25, -0.2) is 0 Å². The molecule has 0 aliphatic carbocycles. The summed E-state index contributed by atoms with van der Waals surface area (Å²) in [4.78, 5) is 13.0. The Morgan fingerprint density at radius 3 is 2.80 bits per heavy atom. The fourth-order valence-electron chi connectivity index (χ4n) is 1.83. The molecule has 0 fully saturated rings. The molecule has 0 aliphatic heterocycles. The molecule has 2 aromatic rings. The van der Waals surface area contributed by atoms with Gasteiger partial charge in [-0.05, 0) is 30.3 Å². The van der Waals surface area contributed by atoms with E-state index in [-0.39, 0.29) is 5.91 Å². The molecule has 1 amide bonds. The zero-order valence-corrected chi connectivity index (χ0v) is 12.5. The van der Waals surface area contributed by atoms with Crippen LogP contribution in [-0.4, -0.2) is 19.5 Å². The van der Waals surface area contributed by atoms with E-state index in [1.807, 2.05) is 19.2 Å². The van der Waals surface area contributed by atoms with E-state index in [0.717, 1.165) is 10.7 Å². The molecule has 20 heavy (non-hydrogen) atoms. The number of rotatable bonds is 5. The number of carbonyl (C=O) groups excluding carboxylic acids is 1. The van der Waals surface area contributed by atoms with Crippen LogP contribution in [0.2, 0.25) is 10.0 Å². The molecule has 6 heteroatoms. The smallest absolute Gasteiger partial charge is 0.279 e. The Bertz CT molecular complexity index is 585. The lowest BCUT2D eigenvalue weighted by atomic mass is 10.3. The van der Waals surface area contributed by atoms with Gasteiger partial charge < -0.3 is 14.6 Å². The molecular weight excluding hydrogens is 299 g/mol. The second-order valence-corrected chi connectivity index (χ2v) is 5.41. The van der Waals surface area contributed by atoms with Crippen molar-refractivity contribution in [2.24, 2.45) is 0 Å². The zero-order chi connectivity index (χ0) is 14.5. The average molecular weight is 314 g/mol. The second kappa shape index (κ2) is 6.79. The zero-order valence-electron chi connectivity index (χ0n) is 11.0. The molecule has 1 heterocycles. The molecule has 0 saturated heterocycles. The first-order valence-electron chi connectivity index (χ1n) is 6.13. The maximum absolute atomic E-state index is 11.9. The highest BCUT2D eigenvalue weighted by Crippen LogP contribution is 2.25. The van der Waals surface area contributed by atoms with E-state index in [0.29, 0.717) is 28.8 Å². The van der Waals surface area contributed by atoms with Crippen LogP contribution in [0.5, 0.6) is 0 Å². The van der Waals surface area contributed by atoms with Crippen LogP contribution in [-0.2, 0) is 11.3 Å². The SMILES string of the molecule is C[NH+](CC(=O)Nc1ccc(Cl)cc1Cl)Cc1ccco1. The van der Waals surface area contributed by atoms with Crippen molar-refractivity contribution in [2.75, 3.05) is 18.9 Å². The summed E-state index contributed by atoms with van der Waals surface area (Å²) in [5.74, 6) is 0.734. The summed E-state index contributed by atoms with van der Waals surface area (Å²) in [5, 5.41) is 3.73. The van der Waals surface area contributed by atoms with Crippen molar-refractivity contribution >= 4 is 34.8 Å². The number of furan rings is 1. The van der Waals surface area contributed by atoms with Gasteiger partial charge in [0.25, 0.3) is 5.91 Å². The van der Waals surface area contributed by atoms with Crippen molar-refractivity contribution in [3.8, 4) is 0 Å². The van der Waals surface area contributed by atoms with Crippen LogP contribution in [0, 0.1) is 0 Å². The van der Waals surface area contributed by atoms with Crippen molar-refractivity contribution in [1.82, 2.24) is 0 Å². The highest BCUT2D eigenvalue weighted by Gasteiger charge is 2.13. The van der Waals surface area contributed by atoms with Crippen LogP contribution in [0.15, 0.2) is 41.0 Å². The Morgan fingerprint density at radius 1 is 1.35 bits per heavy atom. The van der Waals surface area contributed by atoms with Crippen LogP contribution in [0.4, 0.5) is 5.69 Å². The topological polar surface area (TPSA) is 46.7 Å². The number of nitrogens with one attached hydrogen (secondary N) is 2. The molecular formula is C14H15Cl2N2O2+. The number of carbonyl (C=O) groups is 1. The number of likely N-dealkylation sites (N-methyl/N-ethyl adjacent to an activating group) is 1. The predicted octanol–water partition coefficient (Wildman–Crippen LogP) is 2.24. The Balaban J connectivity index is 1.88. The highest BCUT2D eigenvalue weighted by molar-refractivity contribution is 6.36. The number of hydrogen-bond acceptors (Lipinski definition) is 2. The molecule has 0 aliphatic rings. The lowest BCUT2D eigenvalue weighted by Crippen LogP contribution is -3.08. The molecule has 2 N–H and O–H groups in total. The fourth-order valence-corrected chi connectivity index (χ4v) is 2.29. The molecule has 1 atom stereocenters. The molecule has 0 saturated carbocycles. The van der Waals surface area contributed by atoms with Crippen molar-refractivity contribution in [2.45, 2.75) is 6.54 Å². The van der Waals surface area contributed by atoms with E-state index in [4.69, 9.17) is 27.6 Å². The van der Waals surface area contributed by atoms with E-state index >= 15 is 0 Å². The first-order chi connectivity index (χ1) is 9.54. The molecule has 2 rings (SSSR count). The van der Waals surface area contributed by atoms with Crippen molar-refractivity contribution in [1.29, 1.82) is 0 Å². The number of halogens is 2. The Hall–Kier alpha value is -1.49. The van der Waals surface area contributed by atoms with Gasteiger partial charge in [-0.2, -0.15) is 0 Å². The minimum absolute atomic E-state index is 0.113. The van der Waals surface area contributed by atoms with Crippen molar-refractivity contribution < 1.29 is 14.1 Å². The normalized spacial score (nSPS) is 12.2. The maximum atomic E-state index is 11.9. The largest absolute Gasteiger partial charge is 0.463 e. The number of hydrogen-bond donors (Lipinski definition) is 2. The monoisotopic (exact) mass is 313 g/mol. The minimum Gasteiger partial charge on any atom is -0.463 e. The van der Waals surface area contributed by atoms with E-state index < -0.39 is 0 Å². The van der Waals surface area contributed by atoms with Gasteiger partial charge in [0.05, 0.1) is 24.0 Å². The molecule has 1 unspecified atom stereocenters. The summed E-state index contributed by atoms with van der Waals surface area (Å²) in [6.45, 7) is 0.967. The van der Waals surface area contributed by atoms with Crippen LogP contribution >= 0.6 is 23.2 Å². The molecule has 106 valence electrons. The lowest BCUT2D eigenvalue weighted by Gasteiger charge is -2.13. The average Bonchev–Trinajstić information content (AvgIpc) is 2.85. The summed E-state index contributed by atoms with van der Waals surface area (Å²) in [5.41, 5.74) is 0.562. The molecule has 1 aromatic heterocycles. The van der Waals surface area contributed by atoms with E-state index in [1.54, 1.807) is 24.5 Å². The maximum Gasteiger partial charge on any atom is 0.279 e. The molecule has 4 nitrogen and oxygen atoms in total. The van der Waals surface area contributed by atoms with Gasteiger partial charge in [0, 0.05) is 5.02 Å². The third-order valence-corrected chi connectivity index (χ3v) is 3.27. The lowest BCUT2D eigenvalue weighted by molar-refractivity contribution is -0.886. The summed E-state index contributed by atoms with van der Waals surface area (Å²) in [6, 6.07) is 8.68. The van der Waals surface area contributed by atoms with E-state index in [1.165, 1.54) is 0 Å². The molecule has 1 aromatic carbocycles. The van der Waals surface area contributed by atoms with Gasteiger partial charge in [-0.3, -0.25) is 4.79 Å². The van der Waals surface area contributed by atoms with Crippen molar-refractivity contribution in [3.05, 3.63) is 52.4 Å². The minimum atomic E-state index is -0.113. The third-order valence-electron chi connectivity index (χ3n) is 2.72. The van der Waals surface area contributed by atoms with Crippen molar-refractivity contribution in [3.63, 3.8) is 0 Å². The van der Waals surface area contributed by atoms with Crippen LogP contribution < -0.4 is 10.2 Å². The van der Waals surface area contributed by atoms with Gasteiger partial charge in [-0.15, -0.1) is 0 Å².